The van der Waals surface area contributed by atoms with Crippen molar-refractivity contribution in [2.75, 3.05) is 11.9 Å². The maximum absolute atomic E-state index is 13.7. The second kappa shape index (κ2) is 13.4. The van der Waals surface area contributed by atoms with Crippen LogP contribution in [0.25, 0.3) is 16.6 Å². The van der Waals surface area contributed by atoms with Crippen molar-refractivity contribution in [2.24, 2.45) is 0 Å². The fourth-order valence-electron chi connectivity index (χ4n) is 4.64. The first-order chi connectivity index (χ1) is 21.7. The van der Waals surface area contributed by atoms with Gasteiger partial charge >= 0.3 is 6.18 Å². The lowest BCUT2D eigenvalue weighted by molar-refractivity contribution is -0.141. The van der Waals surface area contributed by atoms with Gasteiger partial charge in [-0.15, -0.1) is 11.8 Å². The standard InChI is InChI=1S/C33H28Cl2F3N5O2S/c1-19-9-4-5-11-21(19)17-46-32(2,3)18-40-30(44)23-15-20-10-6-7-12-22(20)27(35)28(23)41-31(45)25-16-26(33(36,37)38)42-43(25)29-24(34)13-8-14-39-29/h4-16H,17-18H2,1-3H3,(H,40,44)(H,41,45). The molecule has 3 aromatic carbocycles. The van der Waals surface area contributed by atoms with E-state index < -0.39 is 29.4 Å². The lowest BCUT2D eigenvalue weighted by Gasteiger charge is -2.25. The van der Waals surface area contributed by atoms with E-state index in [4.69, 9.17) is 23.2 Å². The van der Waals surface area contributed by atoms with Gasteiger partial charge in [0, 0.05) is 34.7 Å². The molecule has 2 N–H and O–H groups in total. The number of pyridine rings is 1. The molecule has 0 saturated heterocycles. The van der Waals surface area contributed by atoms with E-state index >= 15 is 0 Å². The molecule has 0 radical (unpaired) electrons. The number of aromatic nitrogens is 3. The second-order valence-electron chi connectivity index (χ2n) is 11.1. The van der Waals surface area contributed by atoms with Crippen molar-refractivity contribution in [3.8, 4) is 5.82 Å². The van der Waals surface area contributed by atoms with Crippen LogP contribution < -0.4 is 10.6 Å². The molecule has 7 nitrogen and oxygen atoms in total. The number of amides is 2. The highest BCUT2D eigenvalue weighted by Gasteiger charge is 2.37. The fraction of sp³-hybridized carbons (Fsp3) is 0.212. The number of alkyl halides is 3. The van der Waals surface area contributed by atoms with Crippen molar-refractivity contribution in [1.82, 2.24) is 20.1 Å². The zero-order valence-corrected chi connectivity index (χ0v) is 27.2. The molecule has 238 valence electrons. The van der Waals surface area contributed by atoms with Gasteiger partial charge in [-0.1, -0.05) is 71.7 Å². The maximum Gasteiger partial charge on any atom is 0.435 e. The molecule has 0 atom stereocenters. The third-order valence-electron chi connectivity index (χ3n) is 7.20. The Kier molecular flexibility index (Phi) is 9.67. The van der Waals surface area contributed by atoms with Crippen molar-refractivity contribution in [3.05, 3.63) is 117 Å². The van der Waals surface area contributed by atoms with E-state index in [0.29, 0.717) is 21.5 Å². The van der Waals surface area contributed by atoms with Gasteiger partial charge in [-0.3, -0.25) is 9.59 Å². The number of aryl methyl sites for hydroxylation is 1. The summed E-state index contributed by atoms with van der Waals surface area (Å²) in [7, 11) is 0. The van der Waals surface area contributed by atoms with Crippen LogP contribution in [-0.2, 0) is 11.9 Å². The number of carbonyl (C=O) groups excluding carboxylic acids is 2. The van der Waals surface area contributed by atoms with E-state index in [0.717, 1.165) is 5.75 Å². The SMILES string of the molecule is Cc1ccccc1CSC(C)(C)CNC(=O)c1cc2ccccc2c(Cl)c1NC(=O)c1cc(C(F)(F)F)nn1-c1ncccc1Cl. The third kappa shape index (κ3) is 7.32. The van der Waals surface area contributed by atoms with Crippen LogP contribution in [0.4, 0.5) is 18.9 Å². The van der Waals surface area contributed by atoms with Gasteiger partial charge in [-0.2, -0.15) is 18.3 Å². The van der Waals surface area contributed by atoms with Gasteiger partial charge in [0.25, 0.3) is 11.8 Å². The number of fused-ring (bicyclic) bond motifs is 1. The molecule has 0 aliphatic heterocycles. The molecule has 13 heteroatoms. The summed E-state index contributed by atoms with van der Waals surface area (Å²) < 4.78 is 41.5. The summed E-state index contributed by atoms with van der Waals surface area (Å²) in [6.45, 7) is 6.34. The Morgan fingerprint density at radius 3 is 2.39 bits per heavy atom. The number of carbonyl (C=O) groups is 2. The van der Waals surface area contributed by atoms with Crippen molar-refractivity contribution >= 4 is 63.2 Å². The van der Waals surface area contributed by atoms with E-state index in [2.05, 4.69) is 26.8 Å². The molecule has 2 amide bonds. The lowest BCUT2D eigenvalue weighted by atomic mass is 10.0. The third-order valence-corrected chi connectivity index (χ3v) is 9.26. The highest BCUT2D eigenvalue weighted by atomic mass is 35.5. The number of hydrogen-bond acceptors (Lipinski definition) is 5. The molecule has 2 aromatic heterocycles. The smallest absolute Gasteiger partial charge is 0.351 e. The van der Waals surface area contributed by atoms with Gasteiger partial charge < -0.3 is 10.6 Å². The Balaban J connectivity index is 1.47. The predicted molar refractivity (Wildman–Crippen MR) is 177 cm³/mol. The summed E-state index contributed by atoms with van der Waals surface area (Å²) in [5.74, 6) is -0.973. The zero-order chi connectivity index (χ0) is 33.2. The van der Waals surface area contributed by atoms with Crippen LogP contribution in [0.3, 0.4) is 0 Å². The zero-order valence-electron chi connectivity index (χ0n) is 24.9. The minimum atomic E-state index is -4.86. The van der Waals surface area contributed by atoms with E-state index in [1.54, 1.807) is 42.1 Å². The van der Waals surface area contributed by atoms with E-state index in [9.17, 15) is 22.8 Å². The van der Waals surface area contributed by atoms with Gasteiger partial charge in [0.2, 0.25) is 0 Å². The molecule has 0 spiro atoms. The maximum atomic E-state index is 13.7. The molecule has 0 bridgehead atoms. The number of halogens is 5. The number of rotatable bonds is 9. The molecule has 0 saturated carbocycles. The number of nitrogens with one attached hydrogen (secondary N) is 2. The van der Waals surface area contributed by atoms with Crippen molar-refractivity contribution in [2.45, 2.75) is 37.4 Å². The first kappa shape index (κ1) is 33.3. The highest BCUT2D eigenvalue weighted by Crippen LogP contribution is 2.36. The summed E-state index contributed by atoms with van der Waals surface area (Å²) in [5, 5.41) is 10.3. The Morgan fingerprint density at radius 2 is 1.67 bits per heavy atom. The van der Waals surface area contributed by atoms with Gasteiger partial charge in [0.05, 0.1) is 21.3 Å². The molecule has 5 aromatic rings. The summed E-state index contributed by atoms with van der Waals surface area (Å²) in [5.41, 5.74) is 0.495. The molecule has 0 aliphatic rings. The number of nitrogens with zero attached hydrogens (tertiary/aromatic N) is 3. The van der Waals surface area contributed by atoms with E-state index in [1.165, 1.54) is 29.5 Å². The van der Waals surface area contributed by atoms with Crippen molar-refractivity contribution in [1.29, 1.82) is 0 Å². The van der Waals surface area contributed by atoms with E-state index in [1.807, 2.05) is 39.0 Å². The minimum Gasteiger partial charge on any atom is -0.351 e. The van der Waals surface area contributed by atoms with Crippen LogP contribution >= 0.6 is 35.0 Å². The van der Waals surface area contributed by atoms with Crippen LogP contribution in [-0.4, -0.2) is 37.9 Å². The Labute approximate surface area is 277 Å². The van der Waals surface area contributed by atoms with Gasteiger partial charge in [0.1, 0.15) is 5.69 Å². The molecule has 0 unspecified atom stereocenters. The van der Waals surface area contributed by atoms with Gasteiger partial charge in [-0.05, 0) is 55.5 Å². The lowest BCUT2D eigenvalue weighted by Crippen LogP contribution is -2.36. The normalized spacial score (nSPS) is 11.9. The number of anilines is 1. The molecule has 0 aliphatic carbocycles. The quantitative estimate of drug-likeness (QED) is 0.162. The van der Waals surface area contributed by atoms with Crippen LogP contribution in [0.2, 0.25) is 10.0 Å². The average Bonchev–Trinajstić information content (AvgIpc) is 3.47. The van der Waals surface area contributed by atoms with Crippen LogP contribution in [0.15, 0.2) is 79.0 Å². The van der Waals surface area contributed by atoms with Crippen molar-refractivity contribution < 1.29 is 22.8 Å². The topological polar surface area (TPSA) is 88.9 Å². The molecule has 0 fully saturated rings. The minimum absolute atomic E-state index is 0.0277. The van der Waals surface area contributed by atoms with Crippen LogP contribution in [0.1, 0.15) is 51.5 Å². The first-order valence-corrected chi connectivity index (χ1v) is 15.8. The van der Waals surface area contributed by atoms with E-state index in [-0.39, 0.29) is 38.4 Å². The number of hydrogen-bond donors (Lipinski definition) is 2. The van der Waals surface area contributed by atoms with Crippen molar-refractivity contribution in [3.63, 3.8) is 0 Å². The first-order valence-electron chi connectivity index (χ1n) is 14.0. The van der Waals surface area contributed by atoms with Crippen LogP contribution in [0.5, 0.6) is 0 Å². The highest BCUT2D eigenvalue weighted by molar-refractivity contribution is 7.99. The fourth-order valence-corrected chi connectivity index (χ4v) is 6.21. The Morgan fingerprint density at radius 1 is 0.957 bits per heavy atom. The number of thioether (sulfide) groups is 1. The summed E-state index contributed by atoms with van der Waals surface area (Å²) in [6, 6.07) is 20.1. The molecular weight excluding hydrogens is 658 g/mol. The molecule has 2 heterocycles. The second-order valence-corrected chi connectivity index (χ2v) is 13.5. The molecule has 46 heavy (non-hydrogen) atoms. The van der Waals surface area contributed by atoms with Gasteiger partial charge in [0.15, 0.2) is 11.5 Å². The summed E-state index contributed by atoms with van der Waals surface area (Å²) in [4.78, 5) is 31.4. The summed E-state index contributed by atoms with van der Waals surface area (Å²) >= 11 is 14.6. The summed E-state index contributed by atoms with van der Waals surface area (Å²) in [6.07, 6.45) is -3.56. The largest absolute Gasteiger partial charge is 0.435 e. The van der Waals surface area contributed by atoms with Crippen LogP contribution in [0, 0.1) is 6.92 Å². The Hall–Kier alpha value is -4.06. The molecule has 5 rings (SSSR count). The number of benzene rings is 3. The predicted octanol–water partition coefficient (Wildman–Crippen LogP) is 8.75. The monoisotopic (exact) mass is 685 g/mol. The van der Waals surface area contributed by atoms with Gasteiger partial charge in [-0.25, -0.2) is 9.67 Å². The average molecular weight is 687 g/mol. The Bertz CT molecular complexity index is 1940. The molecular formula is C33H28Cl2F3N5O2S.